The van der Waals surface area contributed by atoms with E-state index in [2.05, 4.69) is 5.32 Å². The molecule has 1 spiro atoms. The van der Waals surface area contributed by atoms with Gasteiger partial charge in [0.2, 0.25) is 11.8 Å². The first-order valence-electron chi connectivity index (χ1n) is 13.6. The van der Waals surface area contributed by atoms with Crippen molar-refractivity contribution >= 4 is 41.0 Å². The third kappa shape index (κ3) is 4.61. The fraction of sp³-hybridized carbons (Fsp3) is 0.517. The number of aliphatic hydroxyl groups is 1. The fourth-order valence-electron chi connectivity index (χ4n) is 6.33. The Balaban J connectivity index is 1.62. The molecule has 2 saturated heterocycles. The Morgan fingerprint density at radius 1 is 1.20 bits per heavy atom. The number of hydrogen-bond donors (Lipinski definition) is 2. The highest BCUT2D eigenvalue weighted by molar-refractivity contribution is 6.34. The summed E-state index contributed by atoms with van der Waals surface area (Å²) in [5.74, 6) is -3.79. The van der Waals surface area contributed by atoms with Crippen LogP contribution in [-0.2, 0) is 28.7 Å². The SMILES string of the molecule is Cc1cccc(Cl)c1N1CC=C[C@@]23O[C@H]4/C=C\CCC(=O)NC[C@H](C)OC(=O)[C@H]4[C@@H]2C(=O)N([C@H](C)CO)[C@H]3C1=O. The van der Waals surface area contributed by atoms with E-state index in [9.17, 15) is 24.3 Å². The Morgan fingerprint density at radius 2 is 1.98 bits per heavy atom. The summed E-state index contributed by atoms with van der Waals surface area (Å²) in [6.07, 6.45) is 6.08. The van der Waals surface area contributed by atoms with Crippen LogP contribution < -0.4 is 10.2 Å². The summed E-state index contributed by atoms with van der Waals surface area (Å²) in [5, 5.41) is 13.2. The molecule has 40 heavy (non-hydrogen) atoms. The van der Waals surface area contributed by atoms with Gasteiger partial charge in [0.25, 0.3) is 5.91 Å². The number of rotatable bonds is 3. The number of aryl methyl sites for hydroxylation is 1. The minimum absolute atomic E-state index is 0.136. The van der Waals surface area contributed by atoms with E-state index in [4.69, 9.17) is 21.1 Å². The quantitative estimate of drug-likeness (QED) is 0.419. The van der Waals surface area contributed by atoms with Crippen molar-refractivity contribution < 1.29 is 33.8 Å². The number of esters is 1. The van der Waals surface area contributed by atoms with Gasteiger partial charge in [-0.3, -0.25) is 19.2 Å². The summed E-state index contributed by atoms with van der Waals surface area (Å²) in [6, 6.07) is 3.46. The predicted octanol–water partition coefficient (Wildman–Crippen LogP) is 1.91. The molecule has 5 rings (SSSR count). The monoisotopic (exact) mass is 571 g/mol. The van der Waals surface area contributed by atoms with Gasteiger partial charge in [-0.2, -0.15) is 0 Å². The molecule has 4 heterocycles. The number of hydrogen-bond acceptors (Lipinski definition) is 7. The number of aliphatic hydroxyl groups excluding tert-OH is 1. The Hall–Kier alpha value is -3.21. The van der Waals surface area contributed by atoms with Gasteiger partial charge in [-0.1, -0.05) is 48.0 Å². The highest BCUT2D eigenvalue weighted by Crippen LogP contribution is 2.54. The maximum Gasteiger partial charge on any atom is 0.313 e. The number of ether oxygens (including phenoxy) is 2. The molecule has 4 aliphatic heterocycles. The molecule has 214 valence electrons. The largest absolute Gasteiger partial charge is 0.460 e. The molecule has 0 bridgehead atoms. The molecule has 11 heteroatoms. The molecular formula is C29H34ClN3O7. The van der Waals surface area contributed by atoms with Crippen molar-refractivity contribution in [3.05, 3.63) is 53.1 Å². The van der Waals surface area contributed by atoms with Crippen molar-refractivity contribution in [3.63, 3.8) is 0 Å². The van der Waals surface area contributed by atoms with Crippen molar-refractivity contribution in [1.82, 2.24) is 10.2 Å². The van der Waals surface area contributed by atoms with E-state index in [1.807, 2.05) is 13.0 Å². The van der Waals surface area contributed by atoms with Crippen molar-refractivity contribution in [2.24, 2.45) is 11.8 Å². The predicted molar refractivity (Wildman–Crippen MR) is 146 cm³/mol. The lowest BCUT2D eigenvalue weighted by atomic mass is 9.78. The first-order chi connectivity index (χ1) is 19.1. The molecule has 10 nitrogen and oxygen atoms in total. The van der Waals surface area contributed by atoms with Crippen LogP contribution in [0.1, 0.15) is 32.3 Å². The van der Waals surface area contributed by atoms with Crippen LogP contribution in [0.2, 0.25) is 5.02 Å². The van der Waals surface area contributed by atoms with Crippen molar-refractivity contribution in [2.45, 2.75) is 63.5 Å². The molecule has 3 amide bonds. The van der Waals surface area contributed by atoms with Crippen LogP contribution in [-0.4, -0.2) is 83.3 Å². The maximum atomic E-state index is 14.4. The number of anilines is 1. The minimum atomic E-state index is -1.49. The summed E-state index contributed by atoms with van der Waals surface area (Å²) in [5.41, 5.74) is -0.180. The normalized spacial score (nSPS) is 34.1. The van der Waals surface area contributed by atoms with Gasteiger partial charge in [0.05, 0.1) is 41.9 Å². The number of cyclic esters (lactones) is 1. The van der Waals surface area contributed by atoms with E-state index >= 15 is 0 Å². The molecule has 2 fully saturated rings. The number of likely N-dealkylation sites (tertiary alicyclic amines) is 1. The second kappa shape index (κ2) is 11.0. The third-order valence-electron chi connectivity index (χ3n) is 8.17. The number of carbonyl (C=O) groups is 4. The number of nitrogens with zero attached hydrogens (tertiary/aromatic N) is 2. The average Bonchev–Trinajstić information content (AvgIpc) is 3.31. The molecule has 1 aromatic carbocycles. The van der Waals surface area contributed by atoms with Gasteiger partial charge >= 0.3 is 5.97 Å². The molecule has 4 aliphatic rings. The molecule has 0 saturated carbocycles. The number of carbonyl (C=O) groups excluding carboxylic acids is 4. The van der Waals surface area contributed by atoms with Crippen LogP contribution in [0.3, 0.4) is 0 Å². The highest BCUT2D eigenvalue weighted by Gasteiger charge is 2.72. The lowest BCUT2D eigenvalue weighted by Gasteiger charge is -2.38. The summed E-state index contributed by atoms with van der Waals surface area (Å²) in [4.78, 5) is 57.3. The standard InChI is InChI=1S/C29H34ClN3O7/c1-16-8-6-9-19(30)24(16)32-13-7-12-29-23(26(36)33(17(2)15-34)25(29)27(32)37)22-20(40-29)10-4-5-11-21(35)31-14-18(3)39-28(22)38/h4,6-10,12,17-18,20,22-23,25,34H,5,11,13-15H2,1-3H3,(H,31,35)/b10-4-/t17-,18+,20+,22-,23-,25+,29-/m1/s1. The number of para-hydroxylation sites is 1. The van der Waals surface area contributed by atoms with Gasteiger partial charge in [-0.05, 0) is 38.8 Å². The van der Waals surface area contributed by atoms with Crippen LogP contribution in [0.25, 0.3) is 0 Å². The van der Waals surface area contributed by atoms with Gasteiger partial charge in [-0.25, -0.2) is 0 Å². The van der Waals surface area contributed by atoms with E-state index in [1.165, 1.54) is 9.80 Å². The van der Waals surface area contributed by atoms with Crippen LogP contribution in [0, 0.1) is 18.8 Å². The van der Waals surface area contributed by atoms with Crippen LogP contribution in [0.5, 0.6) is 0 Å². The lowest BCUT2D eigenvalue weighted by molar-refractivity contribution is -0.159. The van der Waals surface area contributed by atoms with Crippen LogP contribution in [0.15, 0.2) is 42.5 Å². The van der Waals surface area contributed by atoms with Gasteiger partial charge in [0, 0.05) is 13.0 Å². The number of benzene rings is 1. The van der Waals surface area contributed by atoms with Gasteiger partial charge < -0.3 is 29.7 Å². The first kappa shape index (κ1) is 28.3. The van der Waals surface area contributed by atoms with E-state index in [0.717, 1.165) is 5.56 Å². The second-order valence-corrected chi connectivity index (χ2v) is 11.3. The Bertz CT molecular complexity index is 1260. The third-order valence-corrected chi connectivity index (χ3v) is 8.47. The van der Waals surface area contributed by atoms with E-state index in [-0.39, 0.29) is 32.0 Å². The molecule has 0 unspecified atom stereocenters. The van der Waals surface area contributed by atoms with Crippen molar-refractivity contribution in [1.29, 1.82) is 0 Å². The molecule has 0 aliphatic carbocycles. The molecule has 2 N–H and O–H groups in total. The zero-order chi connectivity index (χ0) is 28.8. The zero-order valence-corrected chi connectivity index (χ0v) is 23.5. The lowest BCUT2D eigenvalue weighted by Crippen LogP contribution is -2.57. The molecule has 0 radical (unpaired) electrons. The average molecular weight is 572 g/mol. The van der Waals surface area contributed by atoms with Gasteiger partial charge in [0.1, 0.15) is 23.7 Å². The van der Waals surface area contributed by atoms with Crippen LogP contribution in [0.4, 0.5) is 5.69 Å². The molecule has 0 aromatic heterocycles. The highest BCUT2D eigenvalue weighted by atomic mass is 35.5. The maximum absolute atomic E-state index is 14.4. The summed E-state index contributed by atoms with van der Waals surface area (Å²) >= 11 is 6.56. The van der Waals surface area contributed by atoms with Gasteiger partial charge in [0.15, 0.2) is 0 Å². The smallest absolute Gasteiger partial charge is 0.313 e. The van der Waals surface area contributed by atoms with E-state index < -0.39 is 59.5 Å². The number of allylic oxidation sites excluding steroid dienone is 1. The Kier molecular flexibility index (Phi) is 7.78. The second-order valence-electron chi connectivity index (χ2n) is 10.9. The summed E-state index contributed by atoms with van der Waals surface area (Å²) < 4.78 is 12.3. The van der Waals surface area contributed by atoms with Crippen LogP contribution >= 0.6 is 11.6 Å². The molecule has 1 aromatic rings. The van der Waals surface area contributed by atoms with E-state index in [1.54, 1.807) is 50.3 Å². The molecular weight excluding hydrogens is 538 g/mol. The van der Waals surface area contributed by atoms with E-state index in [0.29, 0.717) is 17.1 Å². The Labute approximate surface area is 237 Å². The van der Waals surface area contributed by atoms with Gasteiger partial charge in [-0.15, -0.1) is 0 Å². The first-order valence-corrected chi connectivity index (χ1v) is 14.0. The van der Waals surface area contributed by atoms with Crippen molar-refractivity contribution in [3.8, 4) is 0 Å². The minimum Gasteiger partial charge on any atom is -0.460 e. The summed E-state index contributed by atoms with van der Waals surface area (Å²) in [6.45, 7) is 5.09. The Morgan fingerprint density at radius 3 is 2.70 bits per heavy atom. The number of amides is 3. The number of nitrogens with one attached hydrogen (secondary N) is 1. The molecule has 7 atom stereocenters. The number of fused-ring (bicyclic) bond motifs is 2. The summed E-state index contributed by atoms with van der Waals surface area (Å²) in [7, 11) is 0. The topological polar surface area (TPSA) is 125 Å². The fourth-order valence-corrected chi connectivity index (χ4v) is 6.65. The van der Waals surface area contributed by atoms with Crippen molar-refractivity contribution in [2.75, 3.05) is 24.6 Å². The zero-order valence-electron chi connectivity index (χ0n) is 22.7. The number of halogens is 1.